The summed E-state index contributed by atoms with van der Waals surface area (Å²) in [7, 11) is 0. The second kappa shape index (κ2) is 5.38. The van der Waals surface area contributed by atoms with Gasteiger partial charge in [0.15, 0.2) is 0 Å². The fraction of sp³-hybridized carbons (Fsp3) is 0.286. The lowest BCUT2D eigenvalue weighted by atomic mass is 10.1. The maximum Gasteiger partial charge on any atom is 0.416 e. The Labute approximate surface area is 109 Å². The number of allylic oxidation sites excluding steroid dienone is 3. The van der Waals surface area contributed by atoms with Crippen LogP contribution in [0, 0.1) is 0 Å². The first-order valence-corrected chi connectivity index (χ1v) is 6.02. The molecule has 1 aromatic rings. The van der Waals surface area contributed by atoms with Crippen LogP contribution in [0.25, 0.3) is 0 Å². The molecule has 0 heterocycles. The van der Waals surface area contributed by atoms with E-state index < -0.39 is 11.7 Å². The quantitative estimate of drug-likeness (QED) is 0.882. The van der Waals surface area contributed by atoms with Gasteiger partial charge in [-0.05, 0) is 36.6 Å². The van der Waals surface area contributed by atoms with Crippen LogP contribution in [-0.2, 0) is 12.7 Å². The number of alkyl halides is 3. The van der Waals surface area contributed by atoms with E-state index in [9.17, 15) is 13.2 Å². The number of rotatable bonds is 3. The van der Waals surface area contributed by atoms with E-state index in [1.807, 2.05) is 12.2 Å². The molecule has 0 aromatic heterocycles. The van der Waals surface area contributed by atoms with Gasteiger partial charge >= 0.3 is 6.18 Å². The first-order chi connectivity index (χ1) is 8.97. The number of benzene rings is 1. The fourth-order valence-electron chi connectivity index (χ4n) is 1.89. The van der Waals surface area contributed by atoms with Crippen molar-refractivity contribution >= 4 is 0 Å². The van der Waals surface area contributed by atoms with E-state index in [1.54, 1.807) is 0 Å². The highest BCUT2D eigenvalue weighted by molar-refractivity contribution is 5.28. The normalized spacial score (nSPS) is 15.7. The highest BCUT2D eigenvalue weighted by Crippen LogP contribution is 2.29. The van der Waals surface area contributed by atoms with Gasteiger partial charge in [-0.3, -0.25) is 0 Å². The molecule has 1 aliphatic rings. The van der Waals surface area contributed by atoms with E-state index in [2.05, 4.69) is 5.32 Å². The molecule has 1 aromatic carbocycles. The summed E-state index contributed by atoms with van der Waals surface area (Å²) < 4.78 is 37.2. The molecule has 0 unspecified atom stereocenters. The summed E-state index contributed by atoms with van der Waals surface area (Å²) in [5.74, 6) is 0. The van der Waals surface area contributed by atoms with Crippen molar-refractivity contribution in [1.29, 1.82) is 0 Å². The van der Waals surface area contributed by atoms with Gasteiger partial charge in [-0.15, -0.1) is 0 Å². The first-order valence-electron chi connectivity index (χ1n) is 6.02. The van der Waals surface area contributed by atoms with Crippen LogP contribution in [0.1, 0.15) is 24.0 Å². The van der Waals surface area contributed by atoms with Crippen LogP contribution in [0.4, 0.5) is 13.2 Å². The number of halogens is 3. The van der Waals surface area contributed by atoms with Crippen LogP contribution in [0.5, 0.6) is 0 Å². The third kappa shape index (κ3) is 3.53. The number of hydrogen-bond acceptors (Lipinski definition) is 2. The molecule has 0 fully saturated rings. The van der Waals surface area contributed by atoms with Crippen LogP contribution in [0.15, 0.2) is 47.8 Å². The third-order valence-corrected chi connectivity index (χ3v) is 2.99. The fourth-order valence-corrected chi connectivity index (χ4v) is 1.89. The molecule has 2 rings (SSSR count). The van der Waals surface area contributed by atoms with Crippen molar-refractivity contribution in [3.63, 3.8) is 0 Å². The summed E-state index contributed by atoms with van der Waals surface area (Å²) in [6, 6.07) is 5.14. The van der Waals surface area contributed by atoms with Crippen molar-refractivity contribution in [3.05, 3.63) is 58.9 Å². The summed E-state index contributed by atoms with van der Waals surface area (Å²) in [5.41, 5.74) is 7.61. The summed E-state index contributed by atoms with van der Waals surface area (Å²) >= 11 is 0. The molecule has 3 N–H and O–H groups in total. The van der Waals surface area contributed by atoms with Gasteiger partial charge < -0.3 is 11.1 Å². The van der Waals surface area contributed by atoms with Crippen LogP contribution >= 0.6 is 0 Å². The van der Waals surface area contributed by atoms with Crippen LogP contribution in [0.2, 0.25) is 0 Å². The molecule has 19 heavy (non-hydrogen) atoms. The van der Waals surface area contributed by atoms with Gasteiger partial charge in [-0.2, -0.15) is 13.2 Å². The Balaban J connectivity index is 1.99. The first kappa shape index (κ1) is 13.5. The SMILES string of the molecule is NC1=C(NCc2ccc(C(F)(F)F)cc2)CCC=C1. The van der Waals surface area contributed by atoms with Crippen LogP contribution in [-0.4, -0.2) is 0 Å². The standard InChI is InChI=1S/C14H15F3N2/c15-14(16,17)11-7-5-10(6-8-11)9-19-13-4-2-1-3-12(13)18/h1,3,5-8,19H,2,4,9,18H2. The Morgan fingerprint density at radius 3 is 2.42 bits per heavy atom. The van der Waals surface area contributed by atoms with Gasteiger partial charge in [0.05, 0.1) is 11.3 Å². The molecule has 0 saturated heterocycles. The van der Waals surface area contributed by atoms with Gasteiger partial charge in [0.25, 0.3) is 0 Å². The lowest BCUT2D eigenvalue weighted by molar-refractivity contribution is -0.137. The molecular formula is C14H15F3N2. The summed E-state index contributed by atoms with van der Waals surface area (Å²) in [6.07, 6.45) is 1.32. The van der Waals surface area contributed by atoms with E-state index in [4.69, 9.17) is 5.73 Å². The van der Waals surface area contributed by atoms with Crippen molar-refractivity contribution in [1.82, 2.24) is 5.32 Å². The zero-order valence-electron chi connectivity index (χ0n) is 10.3. The Bertz CT molecular complexity index is 498. The lowest BCUT2D eigenvalue weighted by Gasteiger charge is -2.15. The second-order valence-corrected chi connectivity index (χ2v) is 4.42. The Morgan fingerprint density at radius 1 is 1.16 bits per heavy atom. The topological polar surface area (TPSA) is 38.0 Å². The largest absolute Gasteiger partial charge is 0.416 e. The maximum atomic E-state index is 12.4. The van der Waals surface area contributed by atoms with Crippen molar-refractivity contribution in [2.24, 2.45) is 5.73 Å². The summed E-state index contributed by atoms with van der Waals surface area (Å²) in [5, 5.41) is 3.17. The minimum atomic E-state index is -4.28. The molecule has 0 saturated carbocycles. The maximum absolute atomic E-state index is 12.4. The van der Waals surface area contributed by atoms with Crippen molar-refractivity contribution in [3.8, 4) is 0 Å². The molecule has 0 aliphatic heterocycles. The summed E-state index contributed by atoms with van der Waals surface area (Å²) in [4.78, 5) is 0. The molecule has 2 nitrogen and oxygen atoms in total. The van der Waals surface area contributed by atoms with E-state index in [0.717, 1.165) is 36.2 Å². The van der Waals surface area contributed by atoms with Gasteiger partial charge in [0.1, 0.15) is 0 Å². The lowest BCUT2D eigenvalue weighted by Crippen LogP contribution is -2.19. The molecule has 5 heteroatoms. The predicted molar refractivity (Wildman–Crippen MR) is 67.9 cm³/mol. The third-order valence-electron chi connectivity index (χ3n) is 2.99. The molecule has 102 valence electrons. The minimum Gasteiger partial charge on any atom is -0.397 e. The van der Waals surface area contributed by atoms with Crippen molar-refractivity contribution < 1.29 is 13.2 Å². The Kier molecular flexibility index (Phi) is 3.83. The highest BCUT2D eigenvalue weighted by Gasteiger charge is 2.29. The van der Waals surface area contributed by atoms with Gasteiger partial charge in [0.2, 0.25) is 0 Å². The smallest absolute Gasteiger partial charge is 0.397 e. The van der Waals surface area contributed by atoms with Crippen molar-refractivity contribution in [2.45, 2.75) is 25.6 Å². The average Bonchev–Trinajstić information content (AvgIpc) is 2.37. The van der Waals surface area contributed by atoms with E-state index in [0.29, 0.717) is 12.2 Å². The zero-order chi connectivity index (χ0) is 13.9. The molecule has 0 bridgehead atoms. The summed E-state index contributed by atoms with van der Waals surface area (Å²) in [6.45, 7) is 0.474. The van der Waals surface area contributed by atoms with Gasteiger partial charge in [-0.1, -0.05) is 18.2 Å². The molecule has 0 radical (unpaired) electrons. The molecule has 0 atom stereocenters. The minimum absolute atomic E-state index is 0.474. The van der Waals surface area contributed by atoms with Crippen LogP contribution < -0.4 is 11.1 Å². The molecule has 0 spiro atoms. The van der Waals surface area contributed by atoms with Gasteiger partial charge in [0, 0.05) is 12.2 Å². The molecule has 1 aliphatic carbocycles. The average molecular weight is 268 g/mol. The van der Waals surface area contributed by atoms with E-state index in [1.165, 1.54) is 12.1 Å². The highest BCUT2D eigenvalue weighted by atomic mass is 19.4. The van der Waals surface area contributed by atoms with Crippen molar-refractivity contribution in [2.75, 3.05) is 0 Å². The molecular weight excluding hydrogens is 253 g/mol. The molecule has 0 amide bonds. The Hall–Kier alpha value is -1.91. The predicted octanol–water partition coefficient (Wildman–Crippen LogP) is 3.32. The second-order valence-electron chi connectivity index (χ2n) is 4.42. The number of hydrogen-bond donors (Lipinski definition) is 2. The van der Waals surface area contributed by atoms with Crippen LogP contribution in [0.3, 0.4) is 0 Å². The van der Waals surface area contributed by atoms with E-state index >= 15 is 0 Å². The number of nitrogens with one attached hydrogen (secondary N) is 1. The monoisotopic (exact) mass is 268 g/mol. The number of nitrogens with two attached hydrogens (primary N) is 1. The zero-order valence-corrected chi connectivity index (χ0v) is 10.3. The van der Waals surface area contributed by atoms with E-state index in [-0.39, 0.29) is 0 Å². The van der Waals surface area contributed by atoms with Gasteiger partial charge in [-0.25, -0.2) is 0 Å². The Morgan fingerprint density at radius 2 is 1.84 bits per heavy atom.